The van der Waals surface area contributed by atoms with E-state index in [4.69, 9.17) is 14.6 Å². The third-order valence-electron chi connectivity index (χ3n) is 5.66. The van der Waals surface area contributed by atoms with Crippen molar-refractivity contribution in [2.75, 3.05) is 6.61 Å². The summed E-state index contributed by atoms with van der Waals surface area (Å²) in [5.74, 6) is 0.597. The number of carbonyl (C=O) groups is 2. The lowest BCUT2D eigenvalue weighted by Crippen LogP contribution is -2.07. The average Bonchev–Trinajstić information content (AvgIpc) is 3.30. The van der Waals surface area contributed by atoms with Crippen molar-refractivity contribution >= 4 is 11.8 Å². The van der Waals surface area contributed by atoms with E-state index in [2.05, 4.69) is 6.58 Å². The van der Waals surface area contributed by atoms with E-state index in [0.717, 1.165) is 35.1 Å². The van der Waals surface area contributed by atoms with Gasteiger partial charge >= 0.3 is 5.97 Å². The fourth-order valence-electron chi connectivity index (χ4n) is 4.24. The highest BCUT2D eigenvalue weighted by atomic mass is 16.5. The van der Waals surface area contributed by atoms with Gasteiger partial charge in [-0.2, -0.15) is 0 Å². The summed E-state index contributed by atoms with van der Waals surface area (Å²) in [5.41, 5.74) is 3.87. The molecule has 1 heterocycles. The lowest BCUT2D eigenvalue weighted by Gasteiger charge is -2.16. The molecule has 0 bridgehead atoms. The van der Waals surface area contributed by atoms with E-state index in [0.29, 0.717) is 30.9 Å². The third kappa shape index (κ3) is 3.90. The van der Waals surface area contributed by atoms with Gasteiger partial charge in [0.05, 0.1) is 13.0 Å². The monoisotopic (exact) mass is 392 g/mol. The van der Waals surface area contributed by atoms with Gasteiger partial charge in [0.15, 0.2) is 5.78 Å². The molecule has 5 nitrogen and oxygen atoms in total. The van der Waals surface area contributed by atoms with Crippen LogP contribution in [0.3, 0.4) is 0 Å². The van der Waals surface area contributed by atoms with Gasteiger partial charge in [-0.15, -0.1) is 6.58 Å². The largest absolute Gasteiger partial charge is 0.492 e. The number of carboxylic acids is 1. The predicted octanol–water partition coefficient (Wildman–Crippen LogP) is 4.85. The van der Waals surface area contributed by atoms with Gasteiger partial charge in [-0.1, -0.05) is 30.3 Å². The zero-order valence-corrected chi connectivity index (χ0v) is 16.2. The van der Waals surface area contributed by atoms with Gasteiger partial charge in [0.1, 0.15) is 17.6 Å². The number of carbonyl (C=O) groups excluding carboxylic acids is 1. The molecule has 0 radical (unpaired) electrons. The van der Waals surface area contributed by atoms with Gasteiger partial charge in [0.25, 0.3) is 0 Å². The summed E-state index contributed by atoms with van der Waals surface area (Å²) < 4.78 is 11.9. The summed E-state index contributed by atoms with van der Waals surface area (Å²) in [4.78, 5) is 23.5. The molecule has 2 aliphatic rings. The van der Waals surface area contributed by atoms with Gasteiger partial charge in [0.2, 0.25) is 0 Å². The zero-order chi connectivity index (χ0) is 20.4. The van der Waals surface area contributed by atoms with Crippen LogP contribution in [0.5, 0.6) is 11.5 Å². The Morgan fingerprint density at radius 2 is 2.10 bits per heavy atom. The molecule has 0 saturated carbocycles. The molecule has 4 rings (SSSR count). The standard InChI is InChI=1S/C24H24O5/c1-2-3-7-21(25)19-5-4-6-20-18(19)10-11-22(20)29-16-8-9-17-15(12-24(26)27)14-28-23(17)13-16/h2,4-6,8-9,13,15,22H,1,3,7,10-12,14H2,(H,26,27)/t15-,22-/m1/s1. The fraction of sp³-hybridized carbons (Fsp3) is 0.333. The highest BCUT2D eigenvalue weighted by Crippen LogP contribution is 2.41. The molecule has 1 N–H and O–H groups in total. The molecule has 1 aliphatic carbocycles. The second-order valence-electron chi connectivity index (χ2n) is 7.57. The van der Waals surface area contributed by atoms with E-state index >= 15 is 0 Å². The second-order valence-corrected chi connectivity index (χ2v) is 7.57. The van der Waals surface area contributed by atoms with Gasteiger partial charge in [-0.3, -0.25) is 9.59 Å². The quantitative estimate of drug-likeness (QED) is 0.513. The van der Waals surface area contributed by atoms with Crippen LogP contribution < -0.4 is 9.47 Å². The van der Waals surface area contributed by atoms with E-state index in [9.17, 15) is 9.59 Å². The molecular weight excluding hydrogens is 368 g/mol. The van der Waals surface area contributed by atoms with E-state index in [1.54, 1.807) is 6.08 Å². The minimum absolute atomic E-state index is 0.0614. The van der Waals surface area contributed by atoms with Crippen LogP contribution >= 0.6 is 0 Å². The van der Waals surface area contributed by atoms with Crippen LogP contribution in [0.2, 0.25) is 0 Å². The molecule has 0 saturated heterocycles. The number of Topliss-reactive ketones (excluding diaryl/α,β-unsaturated/α-hetero) is 1. The molecule has 150 valence electrons. The predicted molar refractivity (Wildman–Crippen MR) is 109 cm³/mol. The summed E-state index contributed by atoms with van der Waals surface area (Å²) in [6.45, 7) is 4.07. The van der Waals surface area contributed by atoms with Gasteiger partial charge in [-0.05, 0) is 36.5 Å². The van der Waals surface area contributed by atoms with Crippen molar-refractivity contribution in [2.24, 2.45) is 0 Å². The lowest BCUT2D eigenvalue weighted by atomic mass is 9.97. The van der Waals surface area contributed by atoms with Crippen LogP contribution in [0.25, 0.3) is 0 Å². The Balaban J connectivity index is 1.51. The Morgan fingerprint density at radius 1 is 1.24 bits per heavy atom. The summed E-state index contributed by atoms with van der Waals surface area (Å²) in [7, 11) is 0. The molecule has 0 spiro atoms. The Hall–Kier alpha value is -3.08. The maximum atomic E-state index is 12.5. The number of aliphatic carboxylic acids is 1. The van der Waals surface area contributed by atoms with E-state index < -0.39 is 5.97 Å². The van der Waals surface area contributed by atoms with Crippen molar-refractivity contribution in [3.63, 3.8) is 0 Å². The lowest BCUT2D eigenvalue weighted by molar-refractivity contribution is -0.137. The summed E-state index contributed by atoms with van der Waals surface area (Å²) >= 11 is 0. The van der Waals surface area contributed by atoms with Crippen LogP contribution in [0.1, 0.15) is 64.8 Å². The minimum Gasteiger partial charge on any atom is -0.492 e. The number of benzene rings is 2. The number of carboxylic acid groups (broad SMARTS) is 1. The van der Waals surface area contributed by atoms with Crippen LogP contribution in [-0.2, 0) is 11.2 Å². The van der Waals surface area contributed by atoms with Crippen molar-refractivity contribution in [2.45, 2.75) is 44.1 Å². The first-order valence-corrected chi connectivity index (χ1v) is 9.98. The molecule has 1 aliphatic heterocycles. The second kappa shape index (κ2) is 8.11. The third-order valence-corrected chi connectivity index (χ3v) is 5.66. The van der Waals surface area contributed by atoms with E-state index in [1.807, 2.05) is 36.4 Å². The molecule has 0 unspecified atom stereocenters. The molecule has 2 aromatic carbocycles. The number of allylic oxidation sites excluding steroid dienone is 1. The first kappa shape index (κ1) is 19.2. The number of hydrogen-bond acceptors (Lipinski definition) is 4. The topological polar surface area (TPSA) is 72.8 Å². The van der Waals surface area contributed by atoms with Crippen LogP contribution in [0, 0.1) is 0 Å². The molecular formula is C24H24O5. The van der Waals surface area contributed by atoms with Crippen molar-refractivity contribution < 1.29 is 24.2 Å². The first-order chi connectivity index (χ1) is 14.1. The van der Waals surface area contributed by atoms with Gasteiger partial charge < -0.3 is 14.6 Å². The molecule has 5 heteroatoms. The molecule has 0 aromatic heterocycles. The number of ketones is 1. The number of fused-ring (bicyclic) bond motifs is 2. The normalized spacial score (nSPS) is 19.2. The zero-order valence-electron chi connectivity index (χ0n) is 16.2. The number of rotatable bonds is 8. The Morgan fingerprint density at radius 3 is 2.90 bits per heavy atom. The minimum atomic E-state index is -0.826. The highest BCUT2D eigenvalue weighted by Gasteiger charge is 2.30. The first-order valence-electron chi connectivity index (χ1n) is 9.98. The molecule has 2 aromatic rings. The van der Waals surface area contributed by atoms with Crippen LogP contribution in [-0.4, -0.2) is 23.5 Å². The fourth-order valence-corrected chi connectivity index (χ4v) is 4.24. The van der Waals surface area contributed by atoms with E-state index in [1.165, 1.54) is 0 Å². The molecule has 29 heavy (non-hydrogen) atoms. The van der Waals surface area contributed by atoms with Crippen molar-refractivity contribution in [1.82, 2.24) is 0 Å². The maximum absolute atomic E-state index is 12.5. The van der Waals surface area contributed by atoms with Gasteiger partial charge in [0, 0.05) is 29.5 Å². The van der Waals surface area contributed by atoms with Crippen LogP contribution in [0.4, 0.5) is 0 Å². The Bertz CT molecular complexity index is 962. The Kier molecular flexibility index (Phi) is 5.38. The van der Waals surface area contributed by atoms with Crippen molar-refractivity contribution in [1.29, 1.82) is 0 Å². The summed E-state index contributed by atoms with van der Waals surface area (Å²) in [6.07, 6.45) is 4.52. The van der Waals surface area contributed by atoms with Crippen molar-refractivity contribution in [3.8, 4) is 11.5 Å². The number of ether oxygens (including phenoxy) is 2. The summed E-state index contributed by atoms with van der Waals surface area (Å²) in [6, 6.07) is 11.5. The smallest absolute Gasteiger partial charge is 0.304 e. The van der Waals surface area contributed by atoms with E-state index in [-0.39, 0.29) is 24.2 Å². The highest BCUT2D eigenvalue weighted by molar-refractivity contribution is 5.98. The molecule has 0 fully saturated rings. The molecule has 0 amide bonds. The SMILES string of the molecule is C=CCCC(=O)c1cccc2c1CC[C@H]2Oc1ccc2c(c1)OC[C@H]2CC(=O)O. The van der Waals surface area contributed by atoms with Crippen molar-refractivity contribution in [3.05, 3.63) is 71.3 Å². The summed E-state index contributed by atoms with van der Waals surface area (Å²) in [5, 5.41) is 9.04. The average molecular weight is 392 g/mol. The molecule has 2 atom stereocenters. The number of hydrogen-bond donors (Lipinski definition) is 1. The van der Waals surface area contributed by atoms with Gasteiger partial charge in [-0.25, -0.2) is 0 Å². The maximum Gasteiger partial charge on any atom is 0.304 e. The van der Waals surface area contributed by atoms with Crippen LogP contribution in [0.15, 0.2) is 49.1 Å². The Labute approximate surface area is 170 Å².